The molecule has 8 nitrogen and oxygen atoms in total. The van der Waals surface area contributed by atoms with E-state index < -0.39 is 23.6 Å². The molecule has 2 amide bonds. The summed E-state index contributed by atoms with van der Waals surface area (Å²) in [5.74, 6) is -1.24. The van der Waals surface area contributed by atoms with Crippen LogP contribution >= 0.6 is 11.6 Å². The Kier molecular flexibility index (Phi) is 6.75. The van der Waals surface area contributed by atoms with E-state index in [-0.39, 0.29) is 33.1 Å². The SMILES string of the molecule is CNC(=O)c1cc(-n2cncn2)cc(C)c1NC(=O)c1ccc(C(F)(F)F)cc1-c1ncccc1Cl. The Labute approximate surface area is 208 Å². The van der Waals surface area contributed by atoms with Crippen molar-refractivity contribution >= 4 is 29.1 Å². The lowest BCUT2D eigenvalue weighted by atomic mass is 9.98. The van der Waals surface area contributed by atoms with Gasteiger partial charge in [0.05, 0.1) is 33.2 Å². The summed E-state index contributed by atoms with van der Waals surface area (Å²) in [6, 6.07) is 8.85. The number of alkyl halides is 3. The zero-order valence-electron chi connectivity index (χ0n) is 18.9. The first kappa shape index (κ1) is 24.9. The molecule has 0 radical (unpaired) electrons. The number of carbonyl (C=O) groups excluding carboxylic acids is 2. The number of hydrogen-bond acceptors (Lipinski definition) is 5. The molecule has 36 heavy (non-hydrogen) atoms. The van der Waals surface area contributed by atoms with Crippen LogP contribution in [-0.2, 0) is 6.18 Å². The van der Waals surface area contributed by atoms with Gasteiger partial charge in [-0.1, -0.05) is 11.6 Å². The predicted octanol–water partition coefficient (Wildman–Crippen LogP) is 4.92. The molecule has 4 rings (SSSR count). The zero-order valence-corrected chi connectivity index (χ0v) is 19.6. The van der Waals surface area contributed by atoms with Gasteiger partial charge in [0.1, 0.15) is 12.7 Å². The number of rotatable bonds is 5. The highest BCUT2D eigenvalue weighted by molar-refractivity contribution is 6.33. The largest absolute Gasteiger partial charge is 0.416 e. The molecule has 4 aromatic rings. The summed E-state index contributed by atoms with van der Waals surface area (Å²) >= 11 is 6.20. The van der Waals surface area contributed by atoms with E-state index in [9.17, 15) is 22.8 Å². The van der Waals surface area contributed by atoms with Crippen LogP contribution in [0.1, 0.15) is 31.8 Å². The molecule has 2 aromatic heterocycles. The van der Waals surface area contributed by atoms with E-state index in [2.05, 4.69) is 25.7 Å². The molecular weight excluding hydrogens is 497 g/mol. The van der Waals surface area contributed by atoms with Crippen molar-refractivity contribution in [2.45, 2.75) is 13.1 Å². The van der Waals surface area contributed by atoms with Crippen LogP contribution in [0.15, 0.2) is 61.3 Å². The maximum atomic E-state index is 13.4. The van der Waals surface area contributed by atoms with Gasteiger partial charge >= 0.3 is 6.18 Å². The third kappa shape index (κ3) is 4.91. The van der Waals surface area contributed by atoms with E-state index in [4.69, 9.17) is 11.6 Å². The maximum absolute atomic E-state index is 13.4. The number of nitrogens with one attached hydrogen (secondary N) is 2. The van der Waals surface area contributed by atoms with Crippen LogP contribution in [0.3, 0.4) is 0 Å². The lowest BCUT2D eigenvalue weighted by Crippen LogP contribution is -2.23. The Morgan fingerprint density at radius 2 is 1.83 bits per heavy atom. The lowest BCUT2D eigenvalue weighted by molar-refractivity contribution is -0.137. The van der Waals surface area contributed by atoms with Crippen LogP contribution in [0.25, 0.3) is 16.9 Å². The molecule has 0 fully saturated rings. The van der Waals surface area contributed by atoms with Gasteiger partial charge < -0.3 is 10.6 Å². The highest BCUT2D eigenvalue weighted by Crippen LogP contribution is 2.36. The molecule has 0 aliphatic heterocycles. The summed E-state index contributed by atoms with van der Waals surface area (Å²) < 4.78 is 41.8. The van der Waals surface area contributed by atoms with Gasteiger partial charge in [-0.15, -0.1) is 0 Å². The topological polar surface area (TPSA) is 102 Å². The number of carbonyl (C=O) groups is 2. The van der Waals surface area contributed by atoms with Crippen molar-refractivity contribution in [1.29, 1.82) is 0 Å². The minimum atomic E-state index is -4.65. The van der Waals surface area contributed by atoms with Gasteiger partial charge in [-0.3, -0.25) is 14.6 Å². The van der Waals surface area contributed by atoms with E-state index in [1.165, 1.54) is 48.8 Å². The maximum Gasteiger partial charge on any atom is 0.416 e. The number of aromatic nitrogens is 4. The average Bonchev–Trinajstić information content (AvgIpc) is 3.39. The highest BCUT2D eigenvalue weighted by atomic mass is 35.5. The Hall–Kier alpha value is -4.25. The smallest absolute Gasteiger partial charge is 0.355 e. The third-order valence-corrected chi connectivity index (χ3v) is 5.62. The van der Waals surface area contributed by atoms with Gasteiger partial charge in [-0.25, -0.2) is 9.67 Å². The summed E-state index contributed by atoms with van der Waals surface area (Å²) in [4.78, 5) is 34.0. The molecule has 0 spiro atoms. The molecule has 0 aliphatic carbocycles. The second-order valence-electron chi connectivity index (χ2n) is 7.65. The van der Waals surface area contributed by atoms with Crippen molar-refractivity contribution in [2.75, 3.05) is 12.4 Å². The van der Waals surface area contributed by atoms with Crippen molar-refractivity contribution in [3.8, 4) is 16.9 Å². The molecule has 2 heterocycles. The van der Waals surface area contributed by atoms with E-state index >= 15 is 0 Å². The summed E-state index contributed by atoms with van der Waals surface area (Å²) in [5.41, 5.74) is 0.186. The summed E-state index contributed by atoms with van der Waals surface area (Å²) in [5, 5.41) is 9.31. The van der Waals surface area contributed by atoms with Gasteiger partial charge in [0.2, 0.25) is 0 Å². The molecule has 0 saturated heterocycles. The number of benzene rings is 2. The molecule has 0 unspecified atom stereocenters. The minimum absolute atomic E-state index is 0.0141. The first-order chi connectivity index (χ1) is 17.1. The van der Waals surface area contributed by atoms with Crippen LogP contribution in [0.2, 0.25) is 5.02 Å². The Morgan fingerprint density at radius 3 is 2.47 bits per heavy atom. The standard InChI is InChI=1S/C24H18ClF3N6O2/c1-13-8-15(34-12-30-11-32-34)10-18(22(35)29-2)20(13)33-23(36)16-6-5-14(24(26,27)28)9-17(16)21-19(25)4-3-7-31-21/h3-12H,1-2H3,(H,29,35)(H,33,36). The first-order valence-corrected chi connectivity index (χ1v) is 10.8. The summed E-state index contributed by atoms with van der Waals surface area (Å²) in [7, 11) is 1.43. The second-order valence-corrected chi connectivity index (χ2v) is 8.06. The average molecular weight is 515 g/mol. The van der Waals surface area contributed by atoms with Crippen LogP contribution < -0.4 is 10.6 Å². The van der Waals surface area contributed by atoms with Gasteiger partial charge in [0.25, 0.3) is 11.8 Å². The van der Waals surface area contributed by atoms with Crippen molar-refractivity contribution < 1.29 is 22.8 Å². The molecule has 0 saturated carbocycles. The van der Waals surface area contributed by atoms with Crippen molar-refractivity contribution in [2.24, 2.45) is 0 Å². The quantitative estimate of drug-likeness (QED) is 0.393. The van der Waals surface area contributed by atoms with Crippen LogP contribution in [-0.4, -0.2) is 38.6 Å². The monoisotopic (exact) mass is 514 g/mol. The van der Waals surface area contributed by atoms with E-state index in [1.807, 2.05) is 0 Å². The molecule has 2 N–H and O–H groups in total. The van der Waals surface area contributed by atoms with Crippen LogP contribution in [0, 0.1) is 6.92 Å². The van der Waals surface area contributed by atoms with Crippen molar-refractivity contribution in [3.63, 3.8) is 0 Å². The number of nitrogens with zero attached hydrogens (tertiary/aromatic N) is 4. The number of halogens is 4. The fourth-order valence-corrected chi connectivity index (χ4v) is 3.82. The van der Waals surface area contributed by atoms with Crippen LogP contribution in [0.5, 0.6) is 0 Å². The fourth-order valence-electron chi connectivity index (χ4n) is 3.60. The van der Waals surface area contributed by atoms with E-state index in [0.29, 0.717) is 11.3 Å². The summed E-state index contributed by atoms with van der Waals surface area (Å²) in [6.07, 6.45) is -0.504. The minimum Gasteiger partial charge on any atom is -0.355 e. The van der Waals surface area contributed by atoms with Gasteiger partial charge in [0, 0.05) is 24.4 Å². The number of amides is 2. The Morgan fingerprint density at radius 1 is 1.06 bits per heavy atom. The molecule has 0 aliphatic rings. The number of anilines is 1. The van der Waals surface area contributed by atoms with Crippen molar-refractivity contribution in [3.05, 3.63) is 88.6 Å². The van der Waals surface area contributed by atoms with Gasteiger partial charge in [0.15, 0.2) is 0 Å². The van der Waals surface area contributed by atoms with E-state index in [0.717, 1.165) is 18.2 Å². The number of aryl methyl sites for hydroxylation is 1. The third-order valence-electron chi connectivity index (χ3n) is 5.32. The predicted molar refractivity (Wildman–Crippen MR) is 127 cm³/mol. The molecule has 0 atom stereocenters. The first-order valence-electron chi connectivity index (χ1n) is 10.5. The second kappa shape index (κ2) is 9.78. The van der Waals surface area contributed by atoms with Crippen molar-refractivity contribution in [1.82, 2.24) is 25.1 Å². The molecular formula is C24H18ClF3N6O2. The lowest BCUT2D eigenvalue weighted by Gasteiger charge is -2.17. The van der Waals surface area contributed by atoms with Gasteiger partial charge in [-0.05, 0) is 55.0 Å². The normalized spacial score (nSPS) is 11.3. The number of pyridine rings is 1. The fraction of sp³-hybridized carbons (Fsp3) is 0.125. The van der Waals surface area contributed by atoms with E-state index in [1.54, 1.807) is 13.0 Å². The molecule has 0 bridgehead atoms. The highest BCUT2D eigenvalue weighted by Gasteiger charge is 2.32. The number of hydrogen-bond donors (Lipinski definition) is 2. The molecule has 2 aromatic carbocycles. The summed E-state index contributed by atoms with van der Waals surface area (Å²) in [6.45, 7) is 1.67. The van der Waals surface area contributed by atoms with Crippen LogP contribution in [0.4, 0.5) is 18.9 Å². The van der Waals surface area contributed by atoms with Gasteiger partial charge in [-0.2, -0.15) is 18.3 Å². The molecule has 184 valence electrons. The Balaban J connectivity index is 1.82. The zero-order chi connectivity index (χ0) is 26.0. The Bertz CT molecular complexity index is 1450. The molecule has 12 heteroatoms.